The van der Waals surface area contributed by atoms with Crippen molar-refractivity contribution in [2.75, 3.05) is 17.2 Å². The van der Waals surface area contributed by atoms with Gasteiger partial charge in [-0.05, 0) is 19.1 Å². The number of anilines is 3. The monoisotopic (exact) mass is 356 g/mol. The van der Waals surface area contributed by atoms with Crippen molar-refractivity contribution >= 4 is 17.5 Å². The Morgan fingerprint density at radius 1 is 1.00 bits per heavy atom. The maximum Gasteiger partial charge on any atom is 0.225 e. The van der Waals surface area contributed by atoms with Gasteiger partial charge in [0.2, 0.25) is 5.95 Å². The van der Waals surface area contributed by atoms with Crippen molar-refractivity contribution in [3.8, 4) is 11.3 Å². The second-order valence-corrected chi connectivity index (χ2v) is 5.78. The van der Waals surface area contributed by atoms with E-state index in [2.05, 4.69) is 20.6 Å². The molecule has 26 heavy (non-hydrogen) atoms. The van der Waals surface area contributed by atoms with Crippen LogP contribution in [0.3, 0.4) is 0 Å². The van der Waals surface area contributed by atoms with Crippen molar-refractivity contribution in [3.05, 3.63) is 66.2 Å². The van der Waals surface area contributed by atoms with Crippen molar-refractivity contribution < 1.29 is 13.9 Å². The predicted octanol–water partition coefficient (Wildman–Crippen LogP) is 3.96. The predicted molar refractivity (Wildman–Crippen MR) is 97.3 cm³/mol. The molecule has 0 aliphatic heterocycles. The number of halogens is 2. The highest BCUT2D eigenvalue weighted by molar-refractivity contribution is 5.67. The van der Waals surface area contributed by atoms with Crippen molar-refractivity contribution in [2.24, 2.45) is 0 Å². The average molecular weight is 356 g/mol. The fourth-order valence-electron chi connectivity index (χ4n) is 2.34. The van der Waals surface area contributed by atoms with Gasteiger partial charge in [0.1, 0.15) is 23.1 Å². The minimum Gasteiger partial charge on any atom is -0.394 e. The summed E-state index contributed by atoms with van der Waals surface area (Å²) in [6.07, 6.45) is 0. The van der Waals surface area contributed by atoms with Gasteiger partial charge in [-0.2, -0.15) is 4.98 Å². The van der Waals surface area contributed by atoms with Crippen molar-refractivity contribution in [3.63, 3.8) is 0 Å². The Morgan fingerprint density at radius 2 is 1.69 bits per heavy atom. The maximum absolute atomic E-state index is 13.9. The number of nitrogens with zero attached hydrogens (tertiary/aromatic N) is 2. The highest BCUT2D eigenvalue weighted by Crippen LogP contribution is 2.26. The van der Waals surface area contributed by atoms with E-state index in [4.69, 9.17) is 0 Å². The van der Waals surface area contributed by atoms with Gasteiger partial charge in [0.05, 0.1) is 12.3 Å². The summed E-state index contributed by atoms with van der Waals surface area (Å²) in [6.45, 7) is 1.66. The van der Waals surface area contributed by atoms with E-state index >= 15 is 0 Å². The Bertz CT molecular complexity index is 870. The number of aliphatic hydroxyl groups is 1. The summed E-state index contributed by atoms with van der Waals surface area (Å²) >= 11 is 0. The summed E-state index contributed by atoms with van der Waals surface area (Å²) in [4.78, 5) is 8.66. The molecule has 0 fully saturated rings. The van der Waals surface area contributed by atoms with E-state index in [-0.39, 0.29) is 30.1 Å². The fraction of sp³-hybridized carbons (Fsp3) is 0.158. The van der Waals surface area contributed by atoms with Crippen LogP contribution in [0.5, 0.6) is 0 Å². The zero-order valence-electron chi connectivity index (χ0n) is 14.1. The number of hydrogen-bond acceptors (Lipinski definition) is 5. The molecule has 0 saturated heterocycles. The molecule has 1 aromatic heterocycles. The van der Waals surface area contributed by atoms with Crippen molar-refractivity contribution in [1.82, 2.24) is 9.97 Å². The van der Waals surface area contributed by atoms with Crippen LogP contribution in [-0.4, -0.2) is 27.7 Å². The zero-order valence-corrected chi connectivity index (χ0v) is 14.1. The largest absolute Gasteiger partial charge is 0.394 e. The number of nitrogens with one attached hydrogen (secondary N) is 2. The van der Waals surface area contributed by atoms with Gasteiger partial charge in [-0.1, -0.05) is 36.4 Å². The summed E-state index contributed by atoms with van der Waals surface area (Å²) < 4.78 is 27.9. The van der Waals surface area contributed by atoms with E-state index in [1.54, 1.807) is 13.0 Å². The second kappa shape index (κ2) is 7.88. The molecule has 0 radical (unpaired) electrons. The Hall–Kier alpha value is -3.06. The van der Waals surface area contributed by atoms with E-state index < -0.39 is 11.6 Å². The fourth-order valence-corrected chi connectivity index (χ4v) is 2.34. The maximum atomic E-state index is 13.9. The molecule has 0 spiro atoms. The van der Waals surface area contributed by atoms with Gasteiger partial charge in [-0.3, -0.25) is 0 Å². The number of rotatable bonds is 6. The Kier molecular flexibility index (Phi) is 5.38. The number of hydrogen-bond donors (Lipinski definition) is 3. The van der Waals surface area contributed by atoms with Crippen LogP contribution in [-0.2, 0) is 0 Å². The minimum atomic E-state index is -0.719. The van der Waals surface area contributed by atoms with Gasteiger partial charge >= 0.3 is 0 Å². The molecule has 5 nitrogen and oxygen atoms in total. The Balaban J connectivity index is 2.02. The average Bonchev–Trinajstić information content (AvgIpc) is 2.65. The van der Waals surface area contributed by atoms with Crippen LogP contribution >= 0.6 is 0 Å². The lowest BCUT2D eigenvalue weighted by atomic mass is 10.1. The summed E-state index contributed by atoms with van der Waals surface area (Å²) in [7, 11) is 0. The number of aliphatic hydroxyl groups excluding tert-OH is 1. The molecule has 134 valence electrons. The van der Waals surface area contributed by atoms with Crippen LogP contribution in [0.25, 0.3) is 11.3 Å². The normalized spacial score (nSPS) is 11.8. The first-order chi connectivity index (χ1) is 12.6. The second-order valence-electron chi connectivity index (χ2n) is 5.78. The Morgan fingerprint density at radius 3 is 2.35 bits per heavy atom. The molecule has 0 unspecified atom stereocenters. The van der Waals surface area contributed by atoms with Crippen LogP contribution in [0.2, 0.25) is 0 Å². The van der Waals surface area contributed by atoms with Gasteiger partial charge in [0, 0.05) is 17.7 Å². The molecule has 3 rings (SSSR count). The topological polar surface area (TPSA) is 70.1 Å². The first-order valence-corrected chi connectivity index (χ1v) is 8.09. The molecule has 7 heteroatoms. The smallest absolute Gasteiger partial charge is 0.225 e. The summed E-state index contributed by atoms with van der Waals surface area (Å²) in [5, 5.41) is 14.9. The van der Waals surface area contributed by atoms with Gasteiger partial charge < -0.3 is 15.7 Å². The summed E-state index contributed by atoms with van der Waals surface area (Å²) in [5.74, 6) is -0.964. The van der Waals surface area contributed by atoms with E-state index in [9.17, 15) is 13.9 Å². The first-order valence-electron chi connectivity index (χ1n) is 8.09. The number of para-hydroxylation sites is 1. The standard InChI is InChI=1S/C19H18F2N4O/c1-12(11-26)22-19-23-16(13-6-3-2-4-7-13)10-17(25-19)24-18-14(20)8-5-9-15(18)21/h2-10,12,26H,11H2,1H3,(H2,22,23,24,25)/t12-/m1/s1. The molecule has 0 amide bonds. The van der Waals surface area contributed by atoms with Crippen molar-refractivity contribution in [1.29, 1.82) is 0 Å². The van der Waals surface area contributed by atoms with E-state index in [1.807, 2.05) is 30.3 Å². The molecule has 0 bridgehead atoms. The van der Waals surface area contributed by atoms with Crippen LogP contribution in [0.1, 0.15) is 6.92 Å². The molecule has 1 atom stereocenters. The summed E-state index contributed by atoms with van der Waals surface area (Å²) in [5.41, 5.74) is 1.12. The molecule has 1 heterocycles. The zero-order chi connectivity index (χ0) is 18.5. The lowest BCUT2D eigenvalue weighted by Crippen LogP contribution is -2.21. The van der Waals surface area contributed by atoms with E-state index in [0.717, 1.165) is 17.7 Å². The highest BCUT2D eigenvalue weighted by atomic mass is 19.1. The summed E-state index contributed by atoms with van der Waals surface area (Å²) in [6, 6.07) is 14.3. The lowest BCUT2D eigenvalue weighted by molar-refractivity contribution is 0.281. The molecule has 0 aliphatic carbocycles. The van der Waals surface area contributed by atoms with Crippen molar-refractivity contribution in [2.45, 2.75) is 13.0 Å². The van der Waals surface area contributed by atoms with Gasteiger partial charge in [-0.25, -0.2) is 13.8 Å². The molecule has 0 saturated carbocycles. The van der Waals surface area contributed by atoms with Gasteiger partial charge in [0.25, 0.3) is 0 Å². The minimum absolute atomic E-state index is 0.108. The molecule has 3 N–H and O–H groups in total. The number of benzene rings is 2. The molecule has 2 aromatic carbocycles. The third-order valence-electron chi connectivity index (χ3n) is 3.66. The molecular formula is C19H18F2N4O. The van der Waals surface area contributed by atoms with Crippen LogP contribution in [0, 0.1) is 11.6 Å². The Labute approximate surface area is 149 Å². The number of aromatic nitrogens is 2. The third-order valence-corrected chi connectivity index (χ3v) is 3.66. The van der Waals surface area contributed by atoms with Crippen LogP contribution in [0.15, 0.2) is 54.6 Å². The SMILES string of the molecule is C[C@H](CO)Nc1nc(Nc2c(F)cccc2F)cc(-c2ccccc2)n1. The molecule has 0 aliphatic rings. The van der Waals surface area contributed by atoms with Crippen LogP contribution < -0.4 is 10.6 Å². The van der Waals surface area contributed by atoms with Gasteiger partial charge in [0.15, 0.2) is 0 Å². The highest BCUT2D eigenvalue weighted by Gasteiger charge is 2.13. The molecular weight excluding hydrogens is 338 g/mol. The molecule has 3 aromatic rings. The van der Waals surface area contributed by atoms with Crippen LogP contribution in [0.4, 0.5) is 26.2 Å². The third kappa shape index (κ3) is 4.12. The first kappa shape index (κ1) is 17.8. The quantitative estimate of drug-likeness (QED) is 0.624. The van der Waals surface area contributed by atoms with Gasteiger partial charge in [-0.15, -0.1) is 0 Å². The lowest BCUT2D eigenvalue weighted by Gasteiger charge is -2.14. The van der Waals surface area contributed by atoms with E-state index in [0.29, 0.717) is 5.69 Å². The van der Waals surface area contributed by atoms with E-state index in [1.165, 1.54) is 6.07 Å².